The molecule has 0 unspecified atom stereocenters. The topological polar surface area (TPSA) is 26.2 Å². The van der Waals surface area contributed by atoms with Crippen LogP contribution >= 0.6 is 0 Å². The highest BCUT2D eigenvalue weighted by Crippen LogP contribution is 2.51. The molecule has 4 aromatic heterocycles. The second-order valence-electron chi connectivity index (χ2n) is 27.8. The summed E-state index contributed by atoms with van der Waals surface area (Å²) in [5.41, 5.74) is 26.4. The number of fused-ring (bicyclic) bond motifs is 23. The summed E-state index contributed by atoms with van der Waals surface area (Å²) in [6.07, 6.45) is 0. The Bertz CT molecular complexity index is 6830. The maximum Gasteiger partial charge on any atom is 0.252 e. The molecule has 6 nitrogen and oxygen atoms in total. The van der Waals surface area contributed by atoms with Crippen molar-refractivity contribution in [1.82, 2.24) is 18.3 Å². The van der Waals surface area contributed by atoms with Gasteiger partial charge >= 0.3 is 0 Å². The zero-order chi connectivity index (χ0) is 67.1. The second-order valence-corrected chi connectivity index (χ2v) is 27.8. The minimum atomic E-state index is -0.218. The lowest BCUT2D eigenvalue weighted by Gasteiger charge is -2.35. The Balaban J connectivity index is 0.917. The molecule has 0 amide bonds. The first-order valence-electron chi connectivity index (χ1n) is 35.7. The lowest BCUT2D eigenvalue weighted by molar-refractivity contribution is 1.12. The summed E-state index contributed by atoms with van der Waals surface area (Å²) in [6.45, 7) is -0.218. The van der Waals surface area contributed by atoms with E-state index in [9.17, 15) is 0 Å². The van der Waals surface area contributed by atoms with Gasteiger partial charge in [-0.1, -0.05) is 224 Å². The van der Waals surface area contributed by atoms with Crippen molar-refractivity contribution in [2.75, 3.05) is 9.80 Å². The Morgan fingerprint density at radius 1 is 0.204 bits per heavy atom. The van der Waals surface area contributed by atoms with Crippen molar-refractivity contribution < 1.29 is 0 Å². The molecule has 0 atom stereocenters. The quantitative estimate of drug-likeness (QED) is 0.106. The van der Waals surface area contributed by atoms with Gasteiger partial charge in [-0.25, -0.2) is 0 Å². The van der Waals surface area contributed by atoms with E-state index in [0.29, 0.717) is 0 Å². The van der Waals surface area contributed by atoms with Gasteiger partial charge in [0.15, 0.2) is 0 Å². The monoisotopic (exact) mass is 1310 g/mol. The van der Waals surface area contributed by atoms with E-state index < -0.39 is 0 Å². The predicted molar refractivity (Wildman–Crippen MR) is 436 cm³/mol. The van der Waals surface area contributed by atoms with E-state index in [-0.39, 0.29) is 6.71 Å². The van der Waals surface area contributed by atoms with Crippen LogP contribution in [0.4, 0.5) is 34.1 Å². The third kappa shape index (κ3) is 7.82. The predicted octanol–water partition coefficient (Wildman–Crippen LogP) is 23.3. The largest absolute Gasteiger partial charge is 0.311 e. The summed E-state index contributed by atoms with van der Waals surface area (Å²) in [5, 5.41) is 17.3. The number of aromatic nitrogens is 4. The number of anilines is 6. The summed E-state index contributed by atoms with van der Waals surface area (Å²) in [4.78, 5) is 4.87. The van der Waals surface area contributed by atoms with Gasteiger partial charge in [0.25, 0.3) is 6.71 Å². The number of hydrogen-bond acceptors (Lipinski definition) is 2. The fraction of sp³-hybridized carbons (Fsp3) is 0. The Morgan fingerprint density at radius 2 is 0.583 bits per heavy atom. The van der Waals surface area contributed by atoms with E-state index in [2.05, 4.69) is 386 Å². The molecule has 2 aliphatic heterocycles. The molecule has 23 rings (SSSR count). The van der Waals surface area contributed by atoms with Crippen molar-refractivity contribution in [2.24, 2.45) is 0 Å². The Morgan fingerprint density at radius 3 is 1.10 bits per heavy atom. The van der Waals surface area contributed by atoms with Crippen LogP contribution in [0.3, 0.4) is 0 Å². The van der Waals surface area contributed by atoms with Gasteiger partial charge in [-0.15, -0.1) is 0 Å². The van der Waals surface area contributed by atoms with Gasteiger partial charge in [0, 0.05) is 111 Å². The minimum Gasteiger partial charge on any atom is -0.311 e. The van der Waals surface area contributed by atoms with Crippen LogP contribution in [-0.4, -0.2) is 25.0 Å². The molecule has 0 saturated carbocycles. The van der Waals surface area contributed by atoms with Gasteiger partial charge in [0.1, 0.15) is 0 Å². The zero-order valence-electron chi connectivity index (χ0n) is 55.8. The molecule has 7 heteroatoms. The van der Waals surface area contributed by atoms with Gasteiger partial charge in [-0.3, -0.25) is 0 Å². The van der Waals surface area contributed by atoms with Gasteiger partial charge < -0.3 is 28.1 Å². The summed E-state index contributed by atoms with van der Waals surface area (Å²) < 4.78 is 10.5. The Labute approximate surface area is 592 Å². The zero-order valence-corrected chi connectivity index (χ0v) is 55.8. The fourth-order valence-corrected chi connectivity index (χ4v) is 18.6. The van der Waals surface area contributed by atoms with E-state index >= 15 is 0 Å². The van der Waals surface area contributed by atoms with Gasteiger partial charge in [0.2, 0.25) is 0 Å². The van der Waals surface area contributed by atoms with E-state index in [1.807, 2.05) is 0 Å². The first-order chi connectivity index (χ1) is 51.2. The first kappa shape index (κ1) is 56.3. The summed E-state index contributed by atoms with van der Waals surface area (Å²) in [6, 6.07) is 134. The molecule has 17 aromatic carbocycles. The highest BCUT2D eigenvalue weighted by atomic mass is 15.2. The minimum absolute atomic E-state index is 0.218. The van der Waals surface area contributed by atoms with Crippen LogP contribution in [0.2, 0.25) is 0 Å². The van der Waals surface area contributed by atoms with Crippen LogP contribution in [0.5, 0.6) is 0 Å². The third-order valence-corrected chi connectivity index (χ3v) is 22.6. The van der Waals surface area contributed by atoms with Crippen molar-refractivity contribution in [3.8, 4) is 33.9 Å². The van der Waals surface area contributed by atoms with Crippen molar-refractivity contribution in [2.45, 2.75) is 0 Å². The molecule has 0 radical (unpaired) electrons. The van der Waals surface area contributed by atoms with Gasteiger partial charge in [-0.2, -0.15) is 0 Å². The molecule has 0 saturated heterocycles. The van der Waals surface area contributed by atoms with E-state index in [0.717, 1.165) is 101 Å². The summed E-state index contributed by atoms with van der Waals surface area (Å²) in [5.74, 6) is 0. The number of rotatable bonds is 9. The summed E-state index contributed by atoms with van der Waals surface area (Å²) in [7, 11) is 0. The highest BCUT2D eigenvalue weighted by Gasteiger charge is 2.43. The van der Waals surface area contributed by atoms with Crippen LogP contribution in [0.15, 0.2) is 358 Å². The smallest absolute Gasteiger partial charge is 0.252 e. The van der Waals surface area contributed by atoms with Crippen molar-refractivity contribution in [1.29, 1.82) is 0 Å². The molecule has 0 bridgehead atoms. The van der Waals surface area contributed by atoms with Crippen LogP contribution in [-0.2, 0) is 0 Å². The average molecular weight is 1310 g/mol. The number of hydrogen-bond donors (Lipinski definition) is 0. The molecule has 103 heavy (non-hydrogen) atoms. The van der Waals surface area contributed by atoms with Crippen LogP contribution in [0, 0.1) is 0 Å². The van der Waals surface area contributed by atoms with Crippen molar-refractivity contribution >= 4 is 177 Å². The van der Waals surface area contributed by atoms with E-state index in [1.165, 1.54) is 103 Å². The van der Waals surface area contributed by atoms with E-state index in [4.69, 9.17) is 0 Å². The highest BCUT2D eigenvalue weighted by molar-refractivity contribution is 7.00. The molecular weight excluding hydrogens is 1250 g/mol. The molecule has 2 aliphatic rings. The SMILES string of the molecule is c1ccc(N(c2ccccc2)c2ccc3c(c2)c2cc(N(c4ccccc4)c4ccccc4)cc4c2n3-c2cc(-c3c(-n5c6ccccc6c6ccccc65)cccc3-n3c5ccccc5c5ccccc53)cc3c2B4c2cccc4c5c6c7ccccc7c7ccccc7c6ccc5n-3c24)cc1. The molecular formula is C96H59BN6. The molecule has 476 valence electrons. The fourth-order valence-electron chi connectivity index (χ4n) is 18.6. The van der Waals surface area contributed by atoms with Crippen LogP contribution in [0.1, 0.15) is 0 Å². The standard InChI is InChI=1S/C96H59BN6/c1-5-27-61(28-6-1)98(62-29-7-2-8-30-62)65-51-53-85-77(57-65)78-58-66(99(63-31-9-3-10-32-63)64-33-11-4-12-34-64)59-80-96(78)102(85)89-55-60(56-90-94(89)97(80)79-44-25-43-76-93-88(103(90)95(76)79)54-52-75-69-37-14-13-35-67(69)68-36-15-16-42-74(68)92(75)93)91-86(100-81-45-21-17-38-70(81)71-39-18-22-46-82(71)100)49-26-50-87(91)101-83-47-23-19-40-72(83)73-41-20-24-48-84(73)101/h1-59H. The lowest BCUT2D eigenvalue weighted by Crippen LogP contribution is -2.59. The molecule has 0 fully saturated rings. The maximum atomic E-state index is 2.69. The number of para-hydroxylation sites is 9. The molecule has 0 aliphatic carbocycles. The second kappa shape index (κ2) is 21.4. The van der Waals surface area contributed by atoms with Crippen LogP contribution < -0.4 is 26.2 Å². The molecule has 21 aromatic rings. The van der Waals surface area contributed by atoms with E-state index in [1.54, 1.807) is 0 Å². The van der Waals surface area contributed by atoms with Gasteiger partial charge in [0.05, 0.1) is 44.5 Å². The molecule has 0 spiro atoms. The van der Waals surface area contributed by atoms with Gasteiger partial charge in [-0.05, 0) is 182 Å². The van der Waals surface area contributed by atoms with Crippen LogP contribution in [0.25, 0.3) is 153 Å². The summed E-state index contributed by atoms with van der Waals surface area (Å²) >= 11 is 0. The number of benzene rings is 17. The number of nitrogens with zero attached hydrogens (tertiary/aromatic N) is 6. The Hall–Kier alpha value is -13.6. The van der Waals surface area contributed by atoms with Crippen molar-refractivity contribution in [3.63, 3.8) is 0 Å². The lowest BCUT2D eigenvalue weighted by atomic mass is 9.34. The van der Waals surface area contributed by atoms with Crippen molar-refractivity contribution in [3.05, 3.63) is 358 Å². The third-order valence-electron chi connectivity index (χ3n) is 22.6. The average Bonchev–Trinajstić information content (AvgIpc) is 1.55. The normalized spacial score (nSPS) is 12.4. The molecule has 0 N–H and O–H groups in total. The molecule has 6 heterocycles. The Kier molecular flexibility index (Phi) is 11.7. The first-order valence-corrected chi connectivity index (χ1v) is 35.7. The maximum absolute atomic E-state index is 2.69.